The molecule has 1 amide bonds. The van der Waals surface area contributed by atoms with Gasteiger partial charge in [0.05, 0.1) is 13.4 Å². The molecule has 0 bridgehead atoms. The highest BCUT2D eigenvalue weighted by Crippen LogP contribution is 2.32. The van der Waals surface area contributed by atoms with Gasteiger partial charge in [0, 0.05) is 28.3 Å². The number of amides is 1. The summed E-state index contributed by atoms with van der Waals surface area (Å²) in [7, 11) is 1.30. The molecule has 0 aliphatic heterocycles. The quantitative estimate of drug-likeness (QED) is 0.450. The molecule has 0 aliphatic carbocycles. The van der Waals surface area contributed by atoms with Crippen molar-refractivity contribution < 1.29 is 23.2 Å². The zero-order valence-corrected chi connectivity index (χ0v) is 18.9. The van der Waals surface area contributed by atoms with E-state index in [2.05, 4.69) is 5.32 Å². The third-order valence-electron chi connectivity index (χ3n) is 5.67. The molecule has 7 heteroatoms. The monoisotopic (exact) mass is 427 g/mol. The van der Waals surface area contributed by atoms with Gasteiger partial charge in [0.15, 0.2) is 0 Å². The van der Waals surface area contributed by atoms with Gasteiger partial charge in [-0.1, -0.05) is 13.8 Å². The van der Waals surface area contributed by atoms with Crippen LogP contribution < -0.4 is 10.9 Å². The van der Waals surface area contributed by atoms with Crippen LogP contribution in [-0.4, -0.2) is 25.0 Å². The number of hydrogen-bond donors (Lipinski definition) is 1. The lowest BCUT2D eigenvalue weighted by molar-refractivity contribution is -0.145. The maximum absolute atomic E-state index is 12.7. The molecule has 1 N–H and O–H groups in total. The molecule has 1 atom stereocenters. The number of hydrogen-bond acceptors (Lipinski definition) is 6. The molecule has 31 heavy (non-hydrogen) atoms. The van der Waals surface area contributed by atoms with Crippen LogP contribution in [-0.2, 0) is 20.7 Å². The Bertz CT molecular complexity index is 1200. The second kappa shape index (κ2) is 8.96. The first-order valence-corrected chi connectivity index (χ1v) is 10.4. The van der Waals surface area contributed by atoms with E-state index in [4.69, 9.17) is 13.6 Å². The lowest BCUT2D eigenvalue weighted by atomic mass is 9.98. The lowest BCUT2D eigenvalue weighted by Gasteiger charge is -2.18. The van der Waals surface area contributed by atoms with Crippen molar-refractivity contribution in [3.63, 3.8) is 0 Å². The number of methoxy groups -OCH3 is 1. The number of esters is 1. The van der Waals surface area contributed by atoms with Gasteiger partial charge < -0.3 is 18.9 Å². The molecule has 0 fully saturated rings. The number of fused-ring (bicyclic) bond motifs is 2. The molecule has 7 nitrogen and oxygen atoms in total. The highest BCUT2D eigenvalue weighted by molar-refractivity contribution is 5.99. The minimum absolute atomic E-state index is 0.0641. The van der Waals surface area contributed by atoms with Crippen molar-refractivity contribution in [3.05, 3.63) is 45.0 Å². The normalized spacial score (nSPS) is 12.5. The summed E-state index contributed by atoms with van der Waals surface area (Å²) in [6, 6.07) is 1.26. The average Bonchev–Trinajstić information content (AvgIpc) is 3.08. The number of nitrogens with one attached hydrogen (secondary N) is 1. The summed E-state index contributed by atoms with van der Waals surface area (Å²) in [6.45, 7) is 9.62. The lowest BCUT2D eigenvalue weighted by Crippen LogP contribution is -2.42. The van der Waals surface area contributed by atoms with Gasteiger partial charge in [-0.25, -0.2) is 9.59 Å². The van der Waals surface area contributed by atoms with Crippen LogP contribution in [0.4, 0.5) is 0 Å². The summed E-state index contributed by atoms with van der Waals surface area (Å²) >= 11 is 0. The smallest absolute Gasteiger partial charge is 0.339 e. The van der Waals surface area contributed by atoms with Crippen LogP contribution >= 0.6 is 0 Å². The number of ether oxygens (including phenoxy) is 1. The Morgan fingerprint density at radius 2 is 1.81 bits per heavy atom. The Balaban J connectivity index is 1.87. The van der Waals surface area contributed by atoms with E-state index in [1.807, 2.05) is 40.7 Å². The third-order valence-corrected chi connectivity index (χ3v) is 5.67. The van der Waals surface area contributed by atoms with Gasteiger partial charge in [-0.2, -0.15) is 0 Å². The second-order valence-corrected chi connectivity index (χ2v) is 8.44. The molecule has 3 rings (SSSR count). The first kappa shape index (κ1) is 22.6. The van der Waals surface area contributed by atoms with Gasteiger partial charge in [-0.05, 0) is 56.7 Å². The number of aryl methyl sites for hydroxylation is 3. The van der Waals surface area contributed by atoms with Crippen LogP contribution in [0.1, 0.15) is 48.9 Å². The fraction of sp³-hybridized carbons (Fsp3) is 0.458. The van der Waals surface area contributed by atoms with Crippen molar-refractivity contribution in [2.24, 2.45) is 5.92 Å². The van der Waals surface area contributed by atoms with Crippen LogP contribution in [0.25, 0.3) is 21.9 Å². The standard InChI is InChI=1S/C24H29NO6/c1-12(2)9-19(24(28)29-6)25-20(26)8-7-16-14(4)18-10-17-13(3)11-30-21(17)15(5)22(18)31-23(16)27/h10-12,19H,7-9H2,1-6H3,(H,25,26)/t19-/m0/s1. The SMILES string of the molecule is COC(=O)[C@H](CC(C)C)NC(=O)CCc1c(C)c2cc3c(C)coc3c(C)c2oc1=O. The fourth-order valence-corrected chi connectivity index (χ4v) is 3.94. The Labute approximate surface area is 180 Å². The summed E-state index contributed by atoms with van der Waals surface area (Å²) in [4.78, 5) is 37.1. The summed E-state index contributed by atoms with van der Waals surface area (Å²) in [5.41, 5.74) is 3.77. The van der Waals surface area contributed by atoms with E-state index < -0.39 is 17.6 Å². The predicted molar refractivity (Wildman–Crippen MR) is 118 cm³/mol. The van der Waals surface area contributed by atoms with E-state index >= 15 is 0 Å². The molecule has 0 aliphatic rings. The Morgan fingerprint density at radius 3 is 2.45 bits per heavy atom. The summed E-state index contributed by atoms with van der Waals surface area (Å²) < 4.78 is 16.0. The van der Waals surface area contributed by atoms with E-state index in [1.165, 1.54) is 7.11 Å². The van der Waals surface area contributed by atoms with E-state index in [0.29, 0.717) is 23.2 Å². The maximum atomic E-state index is 12.7. The molecule has 0 saturated heterocycles. The van der Waals surface area contributed by atoms with Crippen LogP contribution in [0.3, 0.4) is 0 Å². The van der Waals surface area contributed by atoms with Crippen LogP contribution in [0.15, 0.2) is 26.0 Å². The molecular weight excluding hydrogens is 398 g/mol. The van der Waals surface area contributed by atoms with E-state index in [1.54, 1.807) is 6.26 Å². The molecule has 2 aromatic heterocycles. The minimum atomic E-state index is -0.702. The van der Waals surface area contributed by atoms with Gasteiger partial charge in [-0.15, -0.1) is 0 Å². The second-order valence-electron chi connectivity index (χ2n) is 8.44. The molecule has 0 radical (unpaired) electrons. The highest BCUT2D eigenvalue weighted by atomic mass is 16.5. The van der Waals surface area contributed by atoms with Crippen molar-refractivity contribution in [3.8, 4) is 0 Å². The van der Waals surface area contributed by atoms with Gasteiger partial charge in [0.25, 0.3) is 0 Å². The summed E-state index contributed by atoms with van der Waals surface area (Å²) in [5.74, 6) is -0.573. The third kappa shape index (κ3) is 4.50. The zero-order chi connectivity index (χ0) is 22.9. The molecule has 0 unspecified atom stereocenters. The molecular formula is C24H29NO6. The molecule has 3 aromatic rings. The Hall–Kier alpha value is -3.09. The summed E-state index contributed by atoms with van der Waals surface area (Å²) in [5, 5.41) is 4.53. The van der Waals surface area contributed by atoms with Crippen molar-refractivity contribution >= 4 is 33.8 Å². The van der Waals surface area contributed by atoms with Gasteiger partial charge >= 0.3 is 11.6 Å². The van der Waals surface area contributed by atoms with Crippen molar-refractivity contribution in [2.45, 2.75) is 59.9 Å². The summed E-state index contributed by atoms with van der Waals surface area (Å²) in [6.07, 6.45) is 2.45. The van der Waals surface area contributed by atoms with E-state index in [-0.39, 0.29) is 24.7 Å². The highest BCUT2D eigenvalue weighted by Gasteiger charge is 2.23. The molecule has 166 valence electrons. The fourth-order valence-electron chi connectivity index (χ4n) is 3.94. The van der Waals surface area contributed by atoms with E-state index in [0.717, 1.165) is 27.5 Å². The number of benzene rings is 1. The zero-order valence-electron chi connectivity index (χ0n) is 18.9. The maximum Gasteiger partial charge on any atom is 0.339 e. The van der Waals surface area contributed by atoms with Crippen molar-refractivity contribution in [1.29, 1.82) is 0 Å². The predicted octanol–water partition coefficient (Wildman–Crippen LogP) is 4.10. The Kier molecular flexibility index (Phi) is 6.53. The number of carbonyl (C=O) groups is 2. The topological polar surface area (TPSA) is 98.8 Å². The van der Waals surface area contributed by atoms with Gasteiger partial charge in [0.1, 0.15) is 17.2 Å². The Morgan fingerprint density at radius 1 is 1.10 bits per heavy atom. The first-order valence-electron chi connectivity index (χ1n) is 10.4. The molecule has 2 heterocycles. The number of carbonyl (C=O) groups excluding carboxylic acids is 2. The number of rotatable bonds is 7. The van der Waals surface area contributed by atoms with E-state index in [9.17, 15) is 14.4 Å². The van der Waals surface area contributed by atoms with Gasteiger partial charge in [-0.3, -0.25) is 4.79 Å². The van der Waals surface area contributed by atoms with Crippen LogP contribution in [0.5, 0.6) is 0 Å². The van der Waals surface area contributed by atoms with Crippen molar-refractivity contribution in [2.75, 3.05) is 7.11 Å². The minimum Gasteiger partial charge on any atom is -0.467 e. The molecule has 0 saturated carbocycles. The largest absolute Gasteiger partial charge is 0.467 e. The number of furan rings is 1. The van der Waals surface area contributed by atoms with Crippen molar-refractivity contribution in [1.82, 2.24) is 5.32 Å². The van der Waals surface area contributed by atoms with Crippen LogP contribution in [0.2, 0.25) is 0 Å². The average molecular weight is 427 g/mol. The first-order chi connectivity index (χ1) is 14.6. The molecule has 0 spiro atoms. The van der Waals surface area contributed by atoms with Crippen LogP contribution in [0, 0.1) is 26.7 Å². The molecule has 1 aromatic carbocycles. The van der Waals surface area contributed by atoms with Gasteiger partial charge in [0.2, 0.25) is 5.91 Å².